The van der Waals surface area contributed by atoms with Crippen LogP contribution in [0.3, 0.4) is 0 Å². The van der Waals surface area contributed by atoms with Crippen LogP contribution in [0.25, 0.3) is 0 Å². The van der Waals surface area contributed by atoms with Crippen LogP contribution >= 0.6 is 15.9 Å². The lowest BCUT2D eigenvalue weighted by Gasteiger charge is -2.15. The van der Waals surface area contributed by atoms with Crippen LogP contribution in [-0.4, -0.2) is 30.8 Å². The molecular formula is C16H18BrN3O2S. The fourth-order valence-electron chi connectivity index (χ4n) is 2.57. The third-order valence-corrected chi connectivity index (χ3v) is 6.17. The maximum Gasteiger partial charge on any atom is 0.243 e. The molecule has 2 heterocycles. The van der Waals surface area contributed by atoms with Gasteiger partial charge in [-0.05, 0) is 52.5 Å². The van der Waals surface area contributed by atoms with Crippen molar-refractivity contribution in [3.05, 3.63) is 52.8 Å². The molecule has 1 aliphatic rings. The smallest absolute Gasteiger partial charge is 0.243 e. The molecule has 0 unspecified atom stereocenters. The third-order valence-electron chi connectivity index (χ3n) is 3.83. The van der Waals surface area contributed by atoms with Crippen LogP contribution in [0.4, 0.5) is 5.69 Å². The average molecular weight is 396 g/mol. The molecule has 1 N–H and O–H groups in total. The molecule has 0 saturated carbocycles. The molecule has 1 fully saturated rings. The van der Waals surface area contributed by atoms with Crippen LogP contribution in [0.1, 0.15) is 18.4 Å². The number of rotatable bonds is 5. The highest BCUT2D eigenvalue weighted by Gasteiger charge is 2.26. The Morgan fingerprint density at radius 2 is 1.83 bits per heavy atom. The summed E-state index contributed by atoms with van der Waals surface area (Å²) >= 11 is 3.38. The van der Waals surface area contributed by atoms with Crippen molar-refractivity contribution in [2.75, 3.05) is 18.4 Å². The number of nitrogens with zero attached hydrogens (tertiary/aromatic N) is 2. The fourth-order valence-corrected chi connectivity index (χ4v) is 4.45. The van der Waals surface area contributed by atoms with Gasteiger partial charge in [-0.1, -0.05) is 12.1 Å². The molecular weight excluding hydrogens is 378 g/mol. The number of anilines is 1. The lowest BCUT2D eigenvalue weighted by molar-refractivity contribution is 0.477. The van der Waals surface area contributed by atoms with Gasteiger partial charge in [-0.25, -0.2) is 8.42 Å². The van der Waals surface area contributed by atoms with Gasteiger partial charge in [0, 0.05) is 30.3 Å². The molecule has 1 aliphatic heterocycles. The van der Waals surface area contributed by atoms with Gasteiger partial charge in [0.2, 0.25) is 10.0 Å². The monoisotopic (exact) mass is 395 g/mol. The minimum absolute atomic E-state index is 0.368. The van der Waals surface area contributed by atoms with Crippen molar-refractivity contribution in [2.24, 2.45) is 0 Å². The standard InChI is InChI=1S/C16H18BrN3O2S/c17-14-9-15(12-18-11-14)19-10-13-3-5-16(6-4-13)23(21,22)20-7-1-2-8-20/h3-6,9,11-12,19H,1-2,7-8,10H2. The van der Waals surface area contributed by atoms with Gasteiger partial charge in [0.25, 0.3) is 0 Å². The second kappa shape index (κ2) is 6.98. The van der Waals surface area contributed by atoms with Crippen molar-refractivity contribution in [3.63, 3.8) is 0 Å². The fraction of sp³-hybridized carbons (Fsp3) is 0.312. The van der Waals surface area contributed by atoms with Gasteiger partial charge in [-0.2, -0.15) is 4.31 Å². The molecule has 7 heteroatoms. The van der Waals surface area contributed by atoms with E-state index in [4.69, 9.17) is 0 Å². The highest BCUT2D eigenvalue weighted by atomic mass is 79.9. The van der Waals surface area contributed by atoms with E-state index in [1.54, 1.807) is 28.8 Å². The first kappa shape index (κ1) is 16.4. The molecule has 122 valence electrons. The summed E-state index contributed by atoms with van der Waals surface area (Å²) in [7, 11) is -3.33. The first-order chi connectivity index (χ1) is 11.1. The van der Waals surface area contributed by atoms with E-state index in [1.165, 1.54) is 0 Å². The third kappa shape index (κ3) is 3.91. The molecule has 1 saturated heterocycles. The van der Waals surface area contributed by atoms with E-state index in [-0.39, 0.29) is 0 Å². The van der Waals surface area contributed by atoms with Crippen molar-refractivity contribution in [1.82, 2.24) is 9.29 Å². The minimum atomic E-state index is -3.33. The Labute approximate surface area is 144 Å². The van der Waals surface area contributed by atoms with E-state index in [0.29, 0.717) is 24.5 Å². The van der Waals surface area contributed by atoms with E-state index >= 15 is 0 Å². The summed E-state index contributed by atoms with van der Waals surface area (Å²) in [5.41, 5.74) is 1.93. The van der Waals surface area contributed by atoms with Crippen LogP contribution in [0.15, 0.2) is 52.1 Å². The maximum atomic E-state index is 12.5. The Bertz CT molecular complexity index is 772. The summed E-state index contributed by atoms with van der Waals surface area (Å²) in [6.45, 7) is 1.87. The van der Waals surface area contributed by atoms with Crippen LogP contribution in [0.5, 0.6) is 0 Å². The van der Waals surface area contributed by atoms with Crippen LogP contribution < -0.4 is 5.32 Å². The first-order valence-electron chi connectivity index (χ1n) is 7.49. The summed E-state index contributed by atoms with van der Waals surface area (Å²) < 4.78 is 27.4. The molecule has 0 bridgehead atoms. The minimum Gasteiger partial charge on any atom is -0.380 e. The zero-order valence-electron chi connectivity index (χ0n) is 12.6. The molecule has 5 nitrogen and oxygen atoms in total. The highest BCUT2D eigenvalue weighted by molar-refractivity contribution is 9.10. The largest absolute Gasteiger partial charge is 0.380 e. The molecule has 23 heavy (non-hydrogen) atoms. The summed E-state index contributed by atoms with van der Waals surface area (Å²) in [5, 5.41) is 3.26. The quantitative estimate of drug-likeness (QED) is 0.843. The number of pyridine rings is 1. The molecule has 1 aromatic carbocycles. The summed E-state index contributed by atoms with van der Waals surface area (Å²) in [5.74, 6) is 0. The van der Waals surface area contributed by atoms with Crippen LogP contribution in [0.2, 0.25) is 0 Å². The number of sulfonamides is 1. The Hall–Kier alpha value is -1.44. The summed E-state index contributed by atoms with van der Waals surface area (Å²) in [4.78, 5) is 4.46. The van der Waals surface area contributed by atoms with Gasteiger partial charge in [0.1, 0.15) is 0 Å². The topological polar surface area (TPSA) is 62.3 Å². The van der Waals surface area contributed by atoms with Crippen molar-refractivity contribution in [1.29, 1.82) is 0 Å². The molecule has 0 spiro atoms. The number of nitrogens with one attached hydrogen (secondary N) is 1. The molecule has 0 atom stereocenters. The van der Waals surface area contributed by atoms with Gasteiger partial charge in [-0.15, -0.1) is 0 Å². The number of benzene rings is 1. The van der Waals surface area contributed by atoms with Gasteiger partial charge in [0.05, 0.1) is 16.8 Å². The molecule has 0 amide bonds. The normalized spacial score (nSPS) is 15.7. The second-order valence-electron chi connectivity index (χ2n) is 5.50. The highest BCUT2D eigenvalue weighted by Crippen LogP contribution is 2.21. The molecule has 0 radical (unpaired) electrons. The van der Waals surface area contributed by atoms with E-state index in [0.717, 1.165) is 28.6 Å². The molecule has 0 aliphatic carbocycles. The van der Waals surface area contributed by atoms with E-state index in [9.17, 15) is 8.42 Å². The Morgan fingerprint density at radius 3 is 2.48 bits per heavy atom. The zero-order valence-corrected chi connectivity index (χ0v) is 15.0. The van der Waals surface area contributed by atoms with Gasteiger partial charge >= 0.3 is 0 Å². The van der Waals surface area contributed by atoms with E-state index in [1.807, 2.05) is 18.2 Å². The summed E-state index contributed by atoms with van der Waals surface area (Å²) in [6.07, 6.45) is 5.37. The zero-order chi connectivity index (χ0) is 16.3. The van der Waals surface area contributed by atoms with E-state index in [2.05, 4.69) is 26.2 Å². The van der Waals surface area contributed by atoms with Gasteiger partial charge in [0.15, 0.2) is 0 Å². The lowest BCUT2D eigenvalue weighted by atomic mass is 10.2. The number of hydrogen-bond donors (Lipinski definition) is 1. The Balaban J connectivity index is 1.67. The van der Waals surface area contributed by atoms with Crippen LogP contribution in [-0.2, 0) is 16.6 Å². The molecule has 2 aromatic rings. The van der Waals surface area contributed by atoms with Crippen molar-refractivity contribution < 1.29 is 8.42 Å². The SMILES string of the molecule is O=S(=O)(c1ccc(CNc2cncc(Br)c2)cc1)N1CCCC1. The van der Waals surface area contributed by atoms with Crippen molar-refractivity contribution in [2.45, 2.75) is 24.3 Å². The first-order valence-corrected chi connectivity index (χ1v) is 9.72. The predicted octanol–water partition coefficient (Wildman–Crippen LogP) is 3.24. The lowest BCUT2D eigenvalue weighted by Crippen LogP contribution is -2.27. The van der Waals surface area contributed by atoms with E-state index < -0.39 is 10.0 Å². The van der Waals surface area contributed by atoms with Gasteiger partial charge in [-0.3, -0.25) is 4.98 Å². The second-order valence-corrected chi connectivity index (χ2v) is 8.35. The van der Waals surface area contributed by atoms with Gasteiger partial charge < -0.3 is 5.32 Å². The Morgan fingerprint density at radius 1 is 1.13 bits per heavy atom. The van der Waals surface area contributed by atoms with Crippen molar-refractivity contribution >= 4 is 31.6 Å². The maximum absolute atomic E-state index is 12.5. The average Bonchev–Trinajstić information content (AvgIpc) is 3.09. The molecule has 1 aromatic heterocycles. The number of aromatic nitrogens is 1. The summed E-state index contributed by atoms with van der Waals surface area (Å²) in [6, 6.07) is 9.01. The van der Waals surface area contributed by atoms with Crippen molar-refractivity contribution in [3.8, 4) is 0 Å². The van der Waals surface area contributed by atoms with Crippen LogP contribution in [0, 0.1) is 0 Å². The Kier molecular flexibility index (Phi) is 4.99. The number of halogens is 1. The number of hydrogen-bond acceptors (Lipinski definition) is 4. The molecule has 3 rings (SSSR count). The predicted molar refractivity (Wildman–Crippen MR) is 93.7 cm³/mol.